The Labute approximate surface area is 143 Å². The fourth-order valence-corrected chi connectivity index (χ4v) is 3.12. The second kappa shape index (κ2) is 5.08. The summed E-state index contributed by atoms with van der Waals surface area (Å²) in [6.45, 7) is 4.12. The maximum Gasteiger partial charge on any atom is 0.174 e. The zero-order chi connectivity index (χ0) is 17.0. The van der Waals surface area contributed by atoms with Crippen LogP contribution >= 0.6 is 0 Å². The molecule has 0 atom stereocenters. The van der Waals surface area contributed by atoms with Gasteiger partial charge in [-0.1, -0.05) is 18.2 Å². The average molecular weight is 328 g/mol. The van der Waals surface area contributed by atoms with Crippen LogP contribution in [0.5, 0.6) is 0 Å². The van der Waals surface area contributed by atoms with Crippen LogP contribution in [0, 0.1) is 13.8 Å². The van der Waals surface area contributed by atoms with Gasteiger partial charge in [0.1, 0.15) is 0 Å². The van der Waals surface area contributed by atoms with Crippen LogP contribution in [0.2, 0.25) is 0 Å². The summed E-state index contributed by atoms with van der Waals surface area (Å²) < 4.78 is 6.00. The molecule has 5 nitrogen and oxygen atoms in total. The van der Waals surface area contributed by atoms with Gasteiger partial charge >= 0.3 is 0 Å². The molecule has 0 fully saturated rings. The van der Waals surface area contributed by atoms with Crippen molar-refractivity contribution in [1.29, 1.82) is 0 Å². The Balaban J connectivity index is 1.58. The summed E-state index contributed by atoms with van der Waals surface area (Å²) in [5, 5.41) is 0. The zero-order valence-corrected chi connectivity index (χ0v) is 13.9. The summed E-state index contributed by atoms with van der Waals surface area (Å²) >= 11 is 0. The van der Waals surface area contributed by atoms with Crippen molar-refractivity contribution in [3.63, 3.8) is 0 Å². The van der Waals surface area contributed by atoms with Crippen molar-refractivity contribution in [2.24, 2.45) is 0 Å². The van der Waals surface area contributed by atoms with E-state index in [9.17, 15) is 0 Å². The summed E-state index contributed by atoms with van der Waals surface area (Å²) in [5.41, 5.74) is 6.24. The molecule has 0 radical (unpaired) electrons. The van der Waals surface area contributed by atoms with Gasteiger partial charge in [-0.3, -0.25) is 0 Å². The normalized spacial score (nSPS) is 11.6. The number of hydrogen-bond donors (Lipinski definition) is 2. The number of H-pyrrole nitrogens is 2. The van der Waals surface area contributed by atoms with Crippen LogP contribution in [0.1, 0.15) is 11.1 Å². The van der Waals surface area contributed by atoms with Gasteiger partial charge in [0.05, 0.1) is 22.1 Å². The maximum absolute atomic E-state index is 6.00. The van der Waals surface area contributed by atoms with Gasteiger partial charge in [0.2, 0.25) is 0 Å². The molecule has 0 aliphatic carbocycles. The first-order chi connectivity index (χ1) is 12.2. The number of fused-ring (bicyclic) bond motifs is 2. The zero-order valence-electron chi connectivity index (χ0n) is 13.9. The molecule has 5 rings (SSSR count). The van der Waals surface area contributed by atoms with Gasteiger partial charge in [0.15, 0.2) is 23.2 Å². The molecule has 5 aromatic rings. The van der Waals surface area contributed by atoms with Gasteiger partial charge in [-0.2, -0.15) is 0 Å². The molecule has 0 spiro atoms. The molecule has 2 aromatic carbocycles. The molecule has 2 N–H and O–H groups in total. The number of imidazole rings is 2. The van der Waals surface area contributed by atoms with Gasteiger partial charge in [-0.05, 0) is 55.3 Å². The van der Waals surface area contributed by atoms with Crippen molar-refractivity contribution >= 4 is 22.1 Å². The van der Waals surface area contributed by atoms with E-state index in [0.29, 0.717) is 11.5 Å². The molecule has 3 aromatic heterocycles. The molecule has 0 saturated carbocycles. The second-order valence-corrected chi connectivity index (χ2v) is 6.33. The van der Waals surface area contributed by atoms with Gasteiger partial charge in [0, 0.05) is 0 Å². The molecule has 0 aliphatic heterocycles. The summed E-state index contributed by atoms with van der Waals surface area (Å²) in [6, 6.07) is 16.1. The highest BCUT2D eigenvalue weighted by atomic mass is 16.3. The van der Waals surface area contributed by atoms with Crippen molar-refractivity contribution < 1.29 is 4.42 Å². The molecule has 0 bridgehead atoms. The topological polar surface area (TPSA) is 70.5 Å². The number of aromatic nitrogens is 4. The number of nitrogens with zero attached hydrogens (tertiary/aromatic N) is 2. The number of rotatable bonds is 2. The number of benzene rings is 2. The van der Waals surface area contributed by atoms with Crippen LogP contribution in [0.25, 0.3) is 45.2 Å². The molecule has 0 unspecified atom stereocenters. The van der Waals surface area contributed by atoms with Gasteiger partial charge in [-0.25, -0.2) is 9.97 Å². The van der Waals surface area contributed by atoms with E-state index in [4.69, 9.17) is 4.42 Å². The minimum absolute atomic E-state index is 0.695. The average Bonchev–Trinajstić information content (AvgIpc) is 3.31. The lowest BCUT2D eigenvalue weighted by Gasteiger charge is -1.91. The third kappa shape index (κ3) is 2.24. The Morgan fingerprint density at radius 3 is 2.36 bits per heavy atom. The lowest BCUT2D eigenvalue weighted by atomic mass is 10.2. The Kier molecular flexibility index (Phi) is 2.85. The van der Waals surface area contributed by atoms with Crippen LogP contribution in [0.3, 0.4) is 0 Å². The summed E-state index contributed by atoms with van der Waals surface area (Å²) in [5.74, 6) is 2.84. The molecule has 0 aliphatic rings. The Morgan fingerprint density at radius 1 is 0.800 bits per heavy atom. The van der Waals surface area contributed by atoms with Crippen LogP contribution in [-0.4, -0.2) is 19.9 Å². The van der Waals surface area contributed by atoms with E-state index in [1.165, 1.54) is 5.56 Å². The molecule has 0 amide bonds. The van der Waals surface area contributed by atoms with E-state index in [1.807, 2.05) is 30.3 Å². The lowest BCUT2D eigenvalue weighted by molar-refractivity contribution is 0.589. The predicted octanol–water partition coefficient (Wildman–Crippen LogP) is 4.98. The quantitative estimate of drug-likeness (QED) is 0.480. The van der Waals surface area contributed by atoms with Gasteiger partial charge < -0.3 is 14.4 Å². The van der Waals surface area contributed by atoms with Crippen LogP contribution in [0.15, 0.2) is 52.9 Å². The number of aromatic amines is 2. The van der Waals surface area contributed by atoms with E-state index in [0.717, 1.165) is 39.3 Å². The second-order valence-electron chi connectivity index (χ2n) is 6.33. The van der Waals surface area contributed by atoms with E-state index in [2.05, 4.69) is 52.0 Å². The minimum Gasteiger partial charge on any atom is -0.450 e. The van der Waals surface area contributed by atoms with E-state index < -0.39 is 0 Å². The van der Waals surface area contributed by atoms with Crippen molar-refractivity contribution in [2.45, 2.75) is 13.8 Å². The number of hydrogen-bond acceptors (Lipinski definition) is 3. The van der Waals surface area contributed by atoms with Crippen LogP contribution in [0.4, 0.5) is 0 Å². The molecule has 5 heteroatoms. The highest BCUT2D eigenvalue weighted by Crippen LogP contribution is 2.29. The molecule has 122 valence electrons. The van der Waals surface area contributed by atoms with Gasteiger partial charge in [-0.15, -0.1) is 0 Å². The summed E-state index contributed by atoms with van der Waals surface area (Å²) in [4.78, 5) is 15.9. The lowest BCUT2D eigenvalue weighted by Crippen LogP contribution is -1.77. The molecule has 25 heavy (non-hydrogen) atoms. The van der Waals surface area contributed by atoms with Crippen molar-refractivity contribution in [1.82, 2.24) is 19.9 Å². The third-order valence-corrected chi connectivity index (χ3v) is 4.42. The van der Waals surface area contributed by atoms with Crippen molar-refractivity contribution in [3.05, 3.63) is 59.7 Å². The summed E-state index contributed by atoms with van der Waals surface area (Å²) in [6.07, 6.45) is 0. The maximum atomic E-state index is 6.00. The molecule has 3 heterocycles. The predicted molar refractivity (Wildman–Crippen MR) is 98.4 cm³/mol. The number of para-hydroxylation sites is 1. The Bertz CT molecular complexity index is 1230. The third-order valence-electron chi connectivity index (χ3n) is 4.42. The molecular formula is C20H16N4O. The van der Waals surface area contributed by atoms with Crippen LogP contribution in [-0.2, 0) is 0 Å². The first-order valence-corrected chi connectivity index (χ1v) is 8.20. The fraction of sp³-hybridized carbons (Fsp3) is 0.100. The summed E-state index contributed by atoms with van der Waals surface area (Å²) in [7, 11) is 0. The van der Waals surface area contributed by atoms with E-state index in [-0.39, 0.29) is 0 Å². The number of furan rings is 1. The number of nitrogens with one attached hydrogen (secondary N) is 2. The van der Waals surface area contributed by atoms with E-state index in [1.54, 1.807) is 0 Å². The smallest absolute Gasteiger partial charge is 0.174 e. The number of aryl methyl sites for hydroxylation is 2. The largest absolute Gasteiger partial charge is 0.450 e. The van der Waals surface area contributed by atoms with Crippen molar-refractivity contribution in [2.75, 3.05) is 0 Å². The SMILES string of the molecule is Cc1ccc2nc(-c3ccc(-c4nc5c(C)cccc5[nH]4)o3)[nH]c2c1. The monoisotopic (exact) mass is 328 g/mol. The van der Waals surface area contributed by atoms with Crippen LogP contribution < -0.4 is 0 Å². The first-order valence-electron chi connectivity index (χ1n) is 8.20. The van der Waals surface area contributed by atoms with E-state index >= 15 is 0 Å². The molecule has 0 saturated heterocycles. The standard InChI is InChI=1S/C20H16N4O/c1-11-6-7-13-15(10-11)23-19(21-13)16-8-9-17(25-16)20-22-14-5-3-4-12(2)18(14)24-20/h3-10H,1-2H3,(H,21,23)(H,22,24). The first kappa shape index (κ1) is 14.0. The van der Waals surface area contributed by atoms with Crippen molar-refractivity contribution in [3.8, 4) is 23.2 Å². The Hall–Kier alpha value is -3.34. The van der Waals surface area contributed by atoms with Gasteiger partial charge in [0.25, 0.3) is 0 Å². The Morgan fingerprint density at radius 2 is 1.56 bits per heavy atom. The molecular weight excluding hydrogens is 312 g/mol. The highest BCUT2D eigenvalue weighted by molar-refractivity contribution is 5.82. The minimum atomic E-state index is 0.695. The highest BCUT2D eigenvalue weighted by Gasteiger charge is 2.14. The fourth-order valence-electron chi connectivity index (χ4n) is 3.12.